The fourth-order valence-corrected chi connectivity index (χ4v) is 1.91. The van der Waals surface area contributed by atoms with E-state index in [1.165, 1.54) is 0 Å². The first-order valence-corrected chi connectivity index (χ1v) is 5.48. The monoisotopic (exact) mass is 248 g/mol. The molecule has 0 radical (unpaired) electrons. The highest BCUT2D eigenvalue weighted by molar-refractivity contribution is 5.33. The lowest BCUT2D eigenvalue weighted by molar-refractivity contribution is 0.383. The average molecular weight is 248 g/mol. The molecular weight excluding hydrogens is 232 g/mol. The topological polar surface area (TPSA) is 90.9 Å². The quantitative estimate of drug-likeness (QED) is 0.588. The number of hydrogen-bond donors (Lipinski definition) is 2. The summed E-state index contributed by atoms with van der Waals surface area (Å²) >= 11 is 0. The molecule has 1 atom stereocenters. The fourth-order valence-electron chi connectivity index (χ4n) is 1.91. The van der Waals surface area contributed by atoms with E-state index >= 15 is 0 Å². The third-order valence-electron chi connectivity index (χ3n) is 2.69. The number of nitrogens with one attached hydrogen (secondary N) is 1. The molecule has 7 heteroatoms. The Balaban J connectivity index is 2.48. The van der Waals surface area contributed by atoms with Gasteiger partial charge in [0.05, 0.1) is 18.8 Å². The number of nitrogens with zero attached hydrogens (tertiary/aromatic N) is 4. The maximum Gasteiger partial charge on any atom is 0.237 e. The van der Waals surface area contributed by atoms with Gasteiger partial charge in [-0.05, 0) is 6.92 Å². The number of rotatable bonds is 4. The smallest absolute Gasteiger partial charge is 0.237 e. The Labute approximate surface area is 105 Å². The number of ether oxygens (including phenoxy) is 1. The predicted molar refractivity (Wildman–Crippen MR) is 65.7 cm³/mol. The van der Waals surface area contributed by atoms with Crippen LogP contribution in [0.2, 0.25) is 0 Å². The van der Waals surface area contributed by atoms with E-state index in [1.807, 2.05) is 20.2 Å². The third kappa shape index (κ3) is 2.18. The van der Waals surface area contributed by atoms with Gasteiger partial charge in [0.1, 0.15) is 5.69 Å². The summed E-state index contributed by atoms with van der Waals surface area (Å²) in [4.78, 5) is 8.40. The molecular formula is C11H16N6O. The van der Waals surface area contributed by atoms with Crippen LogP contribution < -0.4 is 16.0 Å². The van der Waals surface area contributed by atoms with Crippen LogP contribution in [0.1, 0.15) is 23.0 Å². The first-order chi connectivity index (χ1) is 8.67. The molecule has 96 valence electrons. The molecule has 0 aromatic carbocycles. The lowest BCUT2D eigenvalue weighted by atomic mass is 10.1. The zero-order chi connectivity index (χ0) is 13.1. The minimum atomic E-state index is -0.303. The SMILES string of the molecule is COc1nccnc1C(NN)c1cn(C)nc1C. The zero-order valence-electron chi connectivity index (χ0n) is 10.6. The van der Waals surface area contributed by atoms with Gasteiger partial charge in [0.15, 0.2) is 0 Å². The molecule has 18 heavy (non-hydrogen) atoms. The van der Waals surface area contributed by atoms with E-state index in [0.717, 1.165) is 11.3 Å². The highest BCUT2D eigenvalue weighted by Gasteiger charge is 2.22. The molecule has 2 aromatic heterocycles. The van der Waals surface area contributed by atoms with Crippen LogP contribution in [-0.4, -0.2) is 26.9 Å². The number of aromatic nitrogens is 4. The Hall–Kier alpha value is -1.99. The lowest BCUT2D eigenvalue weighted by Crippen LogP contribution is -2.30. The van der Waals surface area contributed by atoms with E-state index in [2.05, 4.69) is 20.5 Å². The summed E-state index contributed by atoms with van der Waals surface area (Å²) in [6, 6.07) is -0.303. The molecule has 0 saturated heterocycles. The summed E-state index contributed by atoms with van der Waals surface area (Å²) in [5, 5.41) is 4.29. The molecule has 1 unspecified atom stereocenters. The second-order valence-corrected chi connectivity index (χ2v) is 3.89. The molecule has 0 spiro atoms. The number of hydrogen-bond acceptors (Lipinski definition) is 6. The number of methoxy groups -OCH3 is 1. The number of hydrazine groups is 1. The highest BCUT2D eigenvalue weighted by atomic mass is 16.5. The van der Waals surface area contributed by atoms with Gasteiger partial charge < -0.3 is 4.74 Å². The maximum atomic E-state index is 5.63. The number of nitrogens with two attached hydrogens (primary N) is 1. The molecule has 7 nitrogen and oxygen atoms in total. The van der Waals surface area contributed by atoms with Gasteiger partial charge in [-0.15, -0.1) is 0 Å². The Morgan fingerprint density at radius 3 is 2.67 bits per heavy atom. The zero-order valence-corrected chi connectivity index (χ0v) is 10.6. The largest absolute Gasteiger partial charge is 0.480 e. The summed E-state index contributed by atoms with van der Waals surface area (Å²) < 4.78 is 6.93. The van der Waals surface area contributed by atoms with Gasteiger partial charge >= 0.3 is 0 Å². The van der Waals surface area contributed by atoms with Crippen molar-refractivity contribution in [2.24, 2.45) is 12.9 Å². The molecule has 0 saturated carbocycles. The molecule has 0 aliphatic rings. The minimum Gasteiger partial charge on any atom is -0.480 e. The molecule has 0 bridgehead atoms. The normalized spacial score (nSPS) is 12.4. The van der Waals surface area contributed by atoms with Crippen LogP contribution in [-0.2, 0) is 7.05 Å². The number of aryl methyl sites for hydroxylation is 2. The van der Waals surface area contributed by atoms with E-state index in [-0.39, 0.29) is 6.04 Å². The maximum absolute atomic E-state index is 5.63. The van der Waals surface area contributed by atoms with Crippen LogP contribution in [0.15, 0.2) is 18.6 Å². The van der Waals surface area contributed by atoms with Gasteiger partial charge in [-0.25, -0.2) is 10.4 Å². The van der Waals surface area contributed by atoms with Gasteiger partial charge in [-0.1, -0.05) is 0 Å². The van der Waals surface area contributed by atoms with Crippen molar-refractivity contribution in [3.05, 3.63) is 35.5 Å². The molecule has 2 heterocycles. The van der Waals surface area contributed by atoms with Crippen molar-refractivity contribution in [1.29, 1.82) is 0 Å². The van der Waals surface area contributed by atoms with Crippen LogP contribution in [0.4, 0.5) is 0 Å². The minimum absolute atomic E-state index is 0.303. The van der Waals surface area contributed by atoms with Crippen molar-refractivity contribution >= 4 is 0 Å². The van der Waals surface area contributed by atoms with Crippen molar-refractivity contribution in [2.45, 2.75) is 13.0 Å². The van der Waals surface area contributed by atoms with Crippen molar-refractivity contribution in [1.82, 2.24) is 25.2 Å². The van der Waals surface area contributed by atoms with Gasteiger partial charge in [0, 0.05) is 31.2 Å². The fraction of sp³-hybridized carbons (Fsp3) is 0.364. The van der Waals surface area contributed by atoms with Crippen LogP contribution in [0.3, 0.4) is 0 Å². The van der Waals surface area contributed by atoms with Crippen molar-refractivity contribution in [3.8, 4) is 5.88 Å². The third-order valence-corrected chi connectivity index (χ3v) is 2.69. The van der Waals surface area contributed by atoms with E-state index in [1.54, 1.807) is 24.2 Å². The lowest BCUT2D eigenvalue weighted by Gasteiger charge is -2.16. The Kier molecular flexibility index (Phi) is 3.54. The molecule has 0 fully saturated rings. The Morgan fingerprint density at radius 2 is 2.11 bits per heavy atom. The summed E-state index contributed by atoms with van der Waals surface area (Å²) in [7, 11) is 3.41. The molecule has 0 aliphatic carbocycles. The van der Waals surface area contributed by atoms with Gasteiger partial charge in [-0.2, -0.15) is 5.10 Å². The van der Waals surface area contributed by atoms with E-state index in [4.69, 9.17) is 10.6 Å². The average Bonchev–Trinajstić information content (AvgIpc) is 2.70. The van der Waals surface area contributed by atoms with Crippen molar-refractivity contribution in [3.63, 3.8) is 0 Å². The second-order valence-electron chi connectivity index (χ2n) is 3.89. The molecule has 3 N–H and O–H groups in total. The van der Waals surface area contributed by atoms with Crippen LogP contribution in [0.5, 0.6) is 5.88 Å². The first kappa shape index (κ1) is 12.5. The molecule has 0 amide bonds. The summed E-state index contributed by atoms with van der Waals surface area (Å²) in [6.45, 7) is 1.92. The summed E-state index contributed by atoms with van der Waals surface area (Å²) in [6.07, 6.45) is 5.08. The predicted octanol–water partition coefficient (Wildman–Crippen LogP) is 0.0798. The molecule has 0 aliphatic heterocycles. The Morgan fingerprint density at radius 1 is 1.39 bits per heavy atom. The highest BCUT2D eigenvalue weighted by Crippen LogP contribution is 2.26. The van der Waals surface area contributed by atoms with Crippen molar-refractivity contribution in [2.75, 3.05) is 7.11 Å². The van der Waals surface area contributed by atoms with E-state index in [0.29, 0.717) is 11.6 Å². The van der Waals surface area contributed by atoms with Crippen LogP contribution >= 0.6 is 0 Å². The van der Waals surface area contributed by atoms with Crippen molar-refractivity contribution < 1.29 is 4.74 Å². The Bertz CT molecular complexity index is 538. The van der Waals surface area contributed by atoms with Gasteiger partial charge in [0.2, 0.25) is 5.88 Å². The second kappa shape index (κ2) is 5.11. The van der Waals surface area contributed by atoms with E-state index in [9.17, 15) is 0 Å². The van der Waals surface area contributed by atoms with Crippen LogP contribution in [0.25, 0.3) is 0 Å². The standard InChI is InChI=1S/C11H16N6O/c1-7-8(6-17(2)16-7)9(15-12)10-11(18-3)14-5-4-13-10/h4-6,9,15H,12H2,1-3H3. The van der Waals surface area contributed by atoms with Crippen LogP contribution in [0, 0.1) is 6.92 Å². The van der Waals surface area contributed by atoms with Gasteiger partial charge in [-0.3, -0.25) is 15.5 Å². The van der Waals surface area contributed by atoms with Gasteiger partial charge in [0.25, 0.3) is 0 Å². The molecule has 2 rings (SSSR count). The molecule has 2 aromatic rings. The summed E-state index contributed by atoms with van der Waals surface area (Å²) in [5.74, 6) is 6.08. The summed E-state index contributed by atoms with van der Waals surface area (Å²) in [5.41, 5.74) is 5.19. The van der Waals surface area contributed by atoms with E-state index < -0.39 is 0 Å². The first-order valence-electron chi connectivity index (χ1n) is 5.48.